The highest BCUT2D eigenvalue weighted by Gasteiger charge is 2.02. The molecule has 68 valence electrons. The third-order valence-electron chi connectivity index (χ3n) is 1.49. The van der Waals surface area contributed by atoms with Gasteiger partial charge in [-0.1, -0.05) is 12.1 Å². The van der Waals surface area contributed by atoms with E-state index in [4.69, 9.17) is 5.11 Å². The normalized spacial score (nSPS) is 9.23. The third-order valence-corrected chi connectivity index (χ3v) is 1.49. The van der Waals surface area contributed by atoms with Gasteiger partial charge in [-0.15, -0.1) is 0 Å². The Hall–Kier alpha value is -1.84. The van der Waals surface area contributed by atoms with Crippen molar-refractivity contribution in [1.82, 2.24) is 0 Å². The molecule has 0 unspecified atom stereocenters. The Balaban J connectivity index is 2.79. The first-order valence-electron chi connectivity index (χ1n) is 3.61. The van der Waals surface area contributed by atoms with Crippen LogP contribution in [0.5, 0.6) is 0 Å². The van der Waals surface area contributed by atoms with Crippen molar-refractivity contribution in [3.05, 3.63) is 35.4 Å². The summed E-state index contributed by atoms with van der Waals surface area (Å²) in [6.45, 7) is 0.429. The number of benzene rings is 1. The zero-order chi connectivity index (χ0) is 9.68. The second-order valence-corrected chi connectivity index (χ2v) is 2.41. The average molecular weight is 180 g/mol. The molecular weight excluding hydrogens is 172 g/mol. The Bertz CT molecular complexity index is 319. The van der Waals surface area contributed by atoms with Crippen LogP contribution in [0.3, 0.4) is 0 Å². The van der Waals surface area contributed by atoms with Gasteiger partial charge in [-0.25, -0.2) is 4.79 Å². The highest BCUT2D eigenvalue weighted by Crippen LogP contribution is 2.05. The fraction of sp³-hybridized carbons (Fsp3) is 0.111. The van der Waals surface area contributed by atoms with E-state index in [0.29, 0.717) is 12.0 Å². The molecule has 0 aliphatic carbocycles. The fourth-order valence-corrected chi connectivity index (χ4v) is 0.924. The molecule has 0 saturated carbocycles. The zero-order valence-corrected chi connectivity index (χ0v) is 6.77. The molecular formula is C9H8O4. The van der Waals surface area contributed by atoms with Crippen LogP contribution in [0, 0.1) is 0 Å². The summed E-state index contributed by atoms with van der Waals surface area (Å²) in [4.78, 5) is 20.4. The number of carbonyl (C=O) groups excluding carboxylic acids is 1. The number of aromatic carboxylic acids is 1. The highest BCUT2D eigenvalue weighted by molar-refractivity contribution is 5.87. The first-order valence-corrected chi connectivity index (χ1v) is 3.61. The molecule has 0 heterocycles. The van der Waals surface area contributed by atoms with E-state index in [1.807, 2.05) is 0 Å². The first kappa shape index (κ1) is 9.25. The van der Waals surface area contributed by atoms with Crippen LogP contribution in [0.2, 0.25) is 0 Å². The van der Waals surface area contributed by atoms with Gasteiger partial charge in [0.1, 0.15) is 6.61 Å². The molecule has 0 fully saturated rings. The maximum absolute atomic E-state index is 10.5. The number of hydrogen-bond donors (Lipinski definition) is 1. The molecule has 0 aromatic heterocycles. The zero-order valence-electron chi connectivity index (χ0n) is 6.77. The predicted molar refractivity (Wildman–Crippen MR) is 44.3 cm³/mol. The van der Waals surface area contributed by atoms with Crippen molar-refractivity contribution in [2.45, 2.75) is 6.61 Å². The smallest absolute Gasteiger partial charge is 0.335 e. The van der Waals surface area contributed by atoms with Crippen molar-refractivity contribution in [2.24, 2.45) is 0 Å². The lowest BCUT2D eigenvalue weighted by Crippen LogP contribution is -1.98. The van der Waals surface area contributed by atoms with E-state index in [-0.39, 0.29) is 12.2 Å². The minimum Gasteiger partial charge on any atom is -0.478 e. The van der Waals surface area contributed by atoms with Crippen molar-refractivity contribution in [3.8, 4) is 0 Å². The molecule has 0 radical (unpaired) electrons. The van der Waals surface area contributed by atoms with Crippen LogP contribution in [0.1, 0.15) is 15.9 Å². The van der Waals surface area contributed by atoms with Crippen molar-refractivity contribution in [2.75, 3.05) is 0 Å². The topological polar surface area (TPSA) is 63.6 Å². The molecule has 4 heteroatoms. The largest absolute Gasteiger partial charge is 0.478 e. The maximum Gasteiger partial charge on any atom is 0.335 e. The van der Waals surface area contributed by atoms with E-state index in [1.165, 1.54) is 12.1 Å². The van der Waals surface area contributed by atoms with E-state index < -0.39 is 5.97 Å². The van der Waals surface area contributed by atoms with Crippen LogP contribution in [-0.2, 0) is 16.1 Å². The molecule has 1 aromatic carbocycles. The molecule has 0 bridgehead atoms. The lowest BCUT2D eigenvalue weighted by molar-refractivity contribution is -0.129. The summed E-state index contributed by atoms with van der Waals surface area (Å²) in [5.41, 5.74) is 0.846. The fourth-order valence-electron chi connectivity index (χ4n) is 0.924. The Morgan fingerprint density at radius 3 is 2.92 bits per heavy atom. The van der Waals surface area contributed by atoms with Gasteiger partial charge in [-0.2, -0.15) is 0 Å². The van der Waals surface area contributed by atoms with Gasteiger partial charge in [-0.05, 0) is 17.7 Å². The Kier molecular flexibility index (Phi) is 3.03. The van der Waals surface area contributed by atoms with E-state index in [1.54, 1.807) is 12.1 Å². The molecule has 1 N–H and O–H groups in total. The minimum absolute atomic E-state index is 0.102. The number of carbonyl (C=O) groups is 2. The monoisotopic (exact) mass is 180 g/mol. The third kappa shape index (κ3) is 2.59. The second kappa shape index (κ2) is 4.25. The quantitative estimate of drug-likeness (QED) is 0.703. The molecule has 0 aliphatic rings. The van der Waals surface area contributed by atoms with Gasteiger partial charge in [0, 0.05) is 0 Å². The van der Waals surface area contributed by atoms with E-state index in [2.05, 4.69) is 4.74 Å². The molecule has 0 atom stereocenters. The van der Waals surface area contributed by atoms with Crippen molar-refractivity contribution >= 4 is 12.4 Å². The molecule has 13 heavy (non-hydrogen) atoms. The first-order chi connectivity index (χ1) is 6.24. The van der Waals surface area contributed by atoms with Crippen molar-refractivity contribution in [3.63, 3.8) is 0 Å². The lowest BCUT2D eigenvalue weighted by atomic mass is 10.1. The van der Waals surface area contributed by atoms with Gasteiger partial charge in [-0.3, -0.25) is 4.79 Å². The molecule has 0 aliphatic heterocycles. The van der Waals surface area contributed by atoms with Crippen molar-refractivity contribution < 1.29 is 19.4 Å². The minimum atomic E-state index is -0.993. The van der Waals surface area contributed by atoms with E-state index in [9.17, 15) is 9.59 Å². The van der Waals surface area contributed by atoms with Crippen LogP contribution in [-0.4, -0.2) is 17.5 Å². The summed E-state index contributed by atoms with van der Waals surface area (Å²) in [7, 11) is 0. The number of ether oxygens (including phenoxy) is 1. The van der Waals surface area contributed by atoms with E-state index in [0.717, 1.165) is 0 Å². The van der Waals surface area contributed by atoms with Gasteiger partial charge >= 0.3 is 5.97 Å². The second-order valence-electron chi connectivity index (χ2n) is 2.41. The molecule has 4 nitrogen and oxygen atoms in total. The van der Waals surface area contributed by atoms with Crippen LogP contribution in [0.25, 0.3) is 0 Å². The van der Waals surface area contributed by atoms with Crippen LogP contribution in [0.4, 0.5) is 0 Å². The molecule has 0 spiro atoms. The number of hydrogen-bond acceptors (Lipinski definition) is 3. The Morgan fingerprint density at radius 2 is 2.31 bits per heavy atom. The Labute approximate surface area is 74.8 Å². The number of rotatable bonds is 4. The van der Waals surface area contributed by atoms with Gasteiger partial charge in [0.15, 0.2) is 0 Å². The summed E-state index contributed by atoms with van der Waals surface area (Å²) < 4.78 is 4.48. The average Bonchev–Trinajstić information content (AvgIpc) is 2.15. The summed E-state index contributed by atoms with van der Waals surface area (Å²) in [6.07, 6.45) is 0. The molecule has 0 saturated heterocycles. The van der Waals surface area contributed by atoms with Crippen molar-refractivity contribution in [1.29, 1.82) is 0 Å². The summed E-state index contributed by atoms with van der Waals surface area (Å²) >= 11 is 0. The predicted octanol–water partition coefficient (Wildman–Crippen LogP) is 1.06. The van der Waals surface area contributed by atoms with Gasteiger partial charge in [0.2, 0.25) is 0 Å². The maximum atomic E-state index is 10.5. The highest BCUT2D eigenvalue weighted by atomic mass is 16.5. The van der Waals surface area contributed by atoms with E-state index >= 15 is 0 Å². The van der Waals surface area contributed by atoms with Gasteiger partial charge in [0.25, 0.3) is 6.47 Å². The standard InChI is InChI=1S/C9H8O4/c10-6-13-5-7-2-1-3-8(4-7)9(11)12/h1-4,6H,5H2,(H,11,12). The molecule has 1 rings (SSSR count). The Morgan fingerprint density at radius 1 is 1.54 bits per heavy atom. The molecule has 1 aromatic rings. The number of carboxylic acids is 1. The van der Waals surface area contributed by atoms with Gasteiger partial charge < -0.3 is 9.84 Å². The van der Waals surface area contributed by atoms with Crippen LogP contribution in [0.15, 0.2) is 24.3 Å². The summed E-state index contributed by atoms with van der Waals surface area (Å²) in [5.74, 6) is -0.993. The summed E-state index contributed by atoms with van der Waals surface area (Å²) in [6, 6.07) is 6.24. The van der Waals surface area contributed by atoms with Gasteiger partial charge in [0.05, 0.1) is 5.56 Å². The lowest BCUT2D eigenvalue weighted by Gasteiger charge is -2.00. The van der Waals surface area contributed by atoms with Crippen LogP contribution >= 0.6 is 0 Å². The SMILES string of the molecule is O=COCc1cccc(C(=O)O)c1. The number of carboxylic acid groups (broad SMARTS) is 1. The summed E-state index contributed by atoms with van der Waals surface area (Å²) in [5, 5.41) is 8.62. The van der Waals surface area contributed by atoms with Crippen LogP contribution < -0.4 is 0 Å². The molecule has 0 amide bonds.